The van der Waals surface area contributed by atoms with Crippen molar-refractivity contribution in [3.05, 3.63) is 53.1 Å². The van der Waals surface area contributed by atoms with Crippen LogP contribution >= 0.6 is 0 Å². The van der Waals surface area contributed by atoms with Gasteiger partial charge in [-0.05, 0) is 61.0 Å². The first kappa shape index (κ1) is 24.5. The molecule has 0 aromatic heterocycles. The summed E-state index contributed by atoms with van der Waals surface area (Å²) in [7, 11) is 0. The van der Waals surface area contributed by atoms with Gasteiger partial charge < -0.3 is 20.4 Å². The van der Waals surface area contributed by atoms with E-state index in [4.69, 9.17) is 10.2 Å². The predicted octanol–water partition coefficient (Wildman–Crippen LogP) is 3.67. The average molecular weight is 453 g/mol. The molecule has 2 aromatic rings. The number of carboxylic acid groups (broad SMARTS) is 2. The standard InChI is InChI=1S/C22H26N2O.C4H6O4/c1-2-14-24-20(25)9-8-18-15-17-10-12-23-13-11-19(17)21(22(18)24)16-6-4-3-5-7-16;5-3(6)1-2-4(7)8/h3-7,15,23H,2,8-14H2,1H3;1-2H2,(H,5,6)(H,7,8). The second-order valence-electron chi connectivity index (χ2n) is 8.35. The van der Waals surface area contributed by atoms with E-state index in [-0.39, 0.29) is 18.7 Å². The molecular formula is C26H32N2O5. The molecular weight excluding hydrogens is 420 g/mol. The molecule has 1 amide bonds. The van der Waals surface area contributed by atoms with Crippen LogP contribution in [0.15, 0.2) is 36.4 Å². The van der Waals surface area contributed by atoms with Crippen LogP contribution in [0.5, 0.6) is 0 Å². The lowest BCUT2D eigenvalue weighted by atomic mass is 9.85. The molecule has 4 rings (SSSR count). The first-order chi connectivity index (χ1) is 15.9. The molecule has 3 N–H and O–H groups in total. The molecule has 0 fully saturated rings. The van der Waals surface area contributed by atoms with Crippen LogP contribution in [0.2, 0.25) is 0 Å². The third-order valence-corrected chi connectivity index (χ3v) is 5.94. The zero-order valence-corrected chi connectivity index (χ0v) is 19.1. The SMILES string of the molecule is CCCN1C(=O)CCc2cc3c(c(-c4ccccc4)c21)CCNCC3.O=C(O)CCC(=O)O. The number of amides is 1. The van der Waals surface area contributed by atoms with Crippen LogP contribution in [0.4, 0.5) is 5.69 Å². The summed E-state index contributed by atoms with van der Waals surface area (Å²) in [5.74, 6) is -1.88. The Labute approximate surface area is 194 Å². The van der Waals surface area contributed by atoms with Gasteiger partial charge in [-0.25, -0.2) is 0 Å². The van der Waals surface area contributed by atoms with Gasteiger partial charge in [0.2, 0.25) is 5.91 Å². The summed E-state index contributed by atoms with van der Waals surface area (Å²) in [6.07, 6.45) is 4.00. The first-order valence-electron chi connectivity index (χ1n) is 11.6. The highest BCUT2D eigenvalue weighted by molar-refractivity contribution is 6.02. The molecule has 0 radical (unpaired) electrons. The second kappa shape index (κ2) is 11.6. The Morgan fingerprint density at radius 1 is 0.939 bits per heavy atom. The molecule has 7 heteroatoms. The fraction of sp³-hybridized carbons (Fsp3) is 0.423. The third kappa shape index (κ3) is 6.20. The quantitative estimate of drug-likeness (QED) is 0.617. The van der Waals surface area contributed by atoms with Crippen LogP contribution in [-0.4, -0.2) is 47.7 Å². The maximum atomic E-state index is 12.7. The summed E-state index contributed by atoms with van der Waals surface area (Å²) in [6.45, 7) is 5.00. The number of nitrogens with one attached hydrogen (secondary N) is 1. The number of benzene rings is 2. The Kier molecular flexibility index (Phi) is 8.60. The van der Waals surface area contributed by atoms with E-state index in [0.29, 0.717) is 6.42 Å². The molecule has 176 valence electrons. The predicted molar refractivity (Wildman–Crippen MR) is 128 cm³/mol. The summed E-state index contributed by atoms with van der Waals surface area (Å²) >= 11 is 0. The molecule has 0 saturated heterocycles. The lowest BCUT2D eigenvalue weighted by Gasteiger charge is -2.33. The number of fused-ring (bicyclic) bond motifs is 2. The molecule has 2 aliphatic heterocycles. The van der Waals surface area contributed by atoms with Gasteiger partial charge in [-0.2, -0.15) is 0 Å². The normalized spacial score (nSPS) is 14.9. The molecule has 0 aliphatic carbocycles. The van der Waals surface area contributed by atoms with Gasteiger partial charge in [0.1, 0.15) is 0 Å². The first-order valence-corrected chi connectivity index (χ1v) is 11.6. The number of carbonyl (C=O) groups is 3. The topological polar surface area (TPSA) is 107 Å². The summed E-state index contributed by atoms with van der Waals surface area (Å²) in [5, 5.41) is 19.3. The van der Waals surface area contributed by atoms with Gasteiger partial charge in [0.05, 0.1) is 18.5 Å². The Morgan fingerprint density at radius 3 is 2.24 bits per heavy atom. The van der Waals surface area contributed by atoms with E-state index in [1.165, 1.54) is 33.5 Å². The average Bonchev–Trinajstić information content (AvgIpc) is 3.04. The minimum atomic E-state index is -1.08. The van der Waals surface area contributed by atoms with Crippen molar-refractivity contribution in [1.82, 2.24) is 5.32 Å². The van der Waals surface area contributed by atoms with Crippen LogP contribution in [0.3, 0.4) is 0 Å². The molecule has 7 nitrogen and oxygen atoms in total. The van der Waals surface area contributed by atoms with E-state index >= 15 is 0 Å². The molecule has 2 heterocycles. The Morgan fingerprint density at radius 2 is 1.61 bits per heavy atom. The van der Waals surface area contributed by atoms with E-state index in [9.17, 15) is 14.4 Å². The summed E-state index contributed by atoms with van der Waals surface area (Å²) in [5.41, 5.74) is 7.99. The largest absolute Gasteiger partial charge is 0.481 e. The smallest absolute Gasteiger partial charge is 0.303 e. The maximum absolute atomic E-state index is 12.7. The van der Waals surface area contributed by atoms with Crippen molar-refractivity contribution in [2.24, 2.45) is 0 Å². The zero-order chi connectivity index (χ0) is 23.8. The molecule has 2 aromatic carbocycles. The summed E-state index contributed by atoms with van der Waals surface area (Å²) in [4.78, 5) is 34.0. The van der Waals surface area contributed by atoms with Crippen LogP contribution < -0.4 is 10.2 Å². The third-order valence-electron chi connectivity index (χ3n) is 5.94. The number of rotatable bonds is 6. The lowest BCUT2D eigenvalue weighted by molar-refractivity contribution is -0.143. The Balaban J connectivity index is 0.000000331. The Hall–Kier alpha value is -3.19. The van der Waals surface area contributed by atoms with Crippen molar-refractivity contribution in [2.75, 3.05) is 24.5 Å². The fourth-order valence-corrected chi connectivity index (χ4v) is 4.49. The maximum Gasteiger partial charge on any atom is 0.303 e. The van der Waals surface area contributed by atoms with Crippen LogP contribution in [0, 0.1) is 0 Å². The van der Waals surface area contributed by atoms with E-state index in [2.05, 4.69) is 53.5 Å². The number of carbonyl (C=O) groups excluding carboxylic acids is 1. The molecule has 0 unspecified atom stereocenters. The van der Waals surface area contributed by atoms with Crippen molar-refractivity contribution < 1.29 is 24.6 Å². The lowest BCUT2D eigenvalue weighted by Crippen LogP contribution is -2.36. The minimum Gasteiger partial charge on any atom is -0.481 e. The molecule has 0 spiro atoms. The van der Waals surface area contributed by atoms with Crippen molar-refractivity contribution in [3.63, 3.8) is 0 Å². The highest BCUT2D eigenvalue weighted by atomic mass is 16.4. The molecule has 0 atom stereocenters. The van der Waals surface area contributed by atoms with E-state index in [1.807, 2.05) is 0 Å². The van der Waals surface area contributed by atoms with Gasteiger partial charge in [0.25, 0.3) is 0 Å². The van der Waals surface area contributed by atoms with Crippen molar-refractivity contribution in [1.29, 1.82) is 0 Å². The van der Waals surface area contributed by atoms with Crippen molar-refractivity contribution in [2.45, 2.75) is 51.9 Å². The minimum absolute atomic E-state index is 0.276. The number of nitrogens with zero attached hydrogens (tertiary/aromatic N) is 1. The number of aliphatic carboxylic acids is 2. The van der Waals surface area contributed by atoms with Gasteiger partial charge in [0, 0.05) is 18.5 Å². The van der Waals surface area contributed by atoms with Gasteiger partial charge in [-0.15, -0.1) is 0 Å². The van der Waals surface area contributed by atoms with Crippen molar-refractivity contribution >= 4 is 23.5 Å². The Bertz CT molecular complexity index is 989. The monoisotopic (exact) mass is 452 g/mol. The van der Waals surface area contributed by atoms with Crippen LogP contribution in [-0.2, 0) is 33.6 Å². The highest BCUT2D eigenvalue weighted by Gasteiger charge is 2.30. The molecule has 0 saturated carbocycles. The van der Waals surface area contributed by atoms with Crippen LogP contribution in [0.25, 0.3) is 11.1 Å². The number of carboxylic acids is 2. The fourth-order valence-electron chi connectivity index (χ4n) is 4.49. The van der Waals surface area contributed by atoms with E-state index in [1.54, 1.807) is 0 Å². The highest BCUT2D eigenvalue weighted by Crippen LogP contribution is 2.42. The summed E-state index contributed by atoms with van der Waals surface area (Å²) < 4.78 is 0. The van der Waals surface area contributed by atoms with E-state index in [0.717, 1.165) is 45.3 Å². The summed E-state index contributed by atoms with van der Waals surface area (Å²) in [6, 6.07) is 13.0. The molecule has 2 aliphatic rings. The molecule has 33 heavy (non-hydrogen) atoms. The van der Waals surface area contributed by atoms with Crippen molar-refractivity contribution in [3.8, 4) is 11.1 Å². The molecule has 0 bridgehead atoms. The van der Waals surface area contributed by atoms with Gasteiger partial charge >= 0.3 is 11.9 Å². The van der Waals surface area contributed by atoms with Gasteiger partial charge in [-0.3, -0.25) is 14.4 Å². The van der Waals surface area contributed by atoms with Gasteiger partial charge in [-0.1, -0.05) is 43.3 Å². The number of anilines is 1. The van der Waals surface area contributed by atoms with E-state index < -0.39 is 11.9 Å². The number of hydrogen-bond acceptors (Lipinski definition) is 4. The number of hydrogen-bond donors (Lipinski definition) is 3. The van der Waals surface area contributed by atoms with Crippen LogP contribution in [0.1, 0.15) is 49.3 Å². The second-order valence-corrected chi connectivity index (χ2v) is 8.35. The zero-order valence-electron chi connectivity index (χ0n) is 19.1. The number of aryl methyl sites for hydroxylation is 1. The van der Waals surface area contributed by atoms with Gasteiger partial charge in [0.15, 0.2) is 0 Å².